The quantitative estimate of drug-likeness (QED) is 0.452. The Labute approximate surface area is 177 Å². The van der Waals surface area contributed by atoms with Gasteiger partial charge in [-0.15, -0.1) is 11.3 Å². The highest BCUT2D eigenvalue weighted by Gasteiger charge is 2.15. The van der Waals surface area contributed by atoms with E-state index in [4.69, 9.17) is 4.74 Å². The smallest absolute Gasteiger partial charge is 0.262 e. The predicted octanol–water partition coefficient (Wildman–Crippen LogP) is 4.89. The number of carbonyl (C=O) groups is 2. The first-order valence-electron chi connectivity index (χ1n) is 9.34. The molecule has 0 spiro atoms. The number of nitrogens with one attached hydrogen (secondary N) is 1. The number of amides is 1. The van der Waals surface area contributed by atoms with Crippen molar-refractivity contribution in [2.45, 2.75) is 13.8 Å². The molecule has 2 heterocycles. The Morgan fingerprint density at radius 1 is 1.03 bits per heavy atom. The van der Waals surface area contributed by atoms with Gasteiger partial charge in [0, 0.05) is 22.2 Å². The maximum absolute atomic E-state index is 12.3. The second kappa shape index (κ2) is 8.42. The number of hydrogen-bond donors (Lipinski definition) is 1. The molecule has 1 N–H and O–H groups in total. The first-order valence-corrected chi connectivity index (χ1v) is 10.2. The zero-order valence-corrected chi connectivity index (χ0v) is 17.3. The van der Waals surface area contributed by atoms with Gasteiger partial charge in [-0.25, -0.2) is 9.97 Å². The van der Waals surface area contributed by atoms with Crippen LogP contribution in [0.2, 0.25) is 0 Å². The van der Waals surface area contributed by atoms with E-state index in [1.807, 2.05) is 36.6 Å². The molecule has 0 unspecified atom stereocenters. The van der Waals surface area contributed by atoms with E-state index < -0.39 is 0 Å². The van der Waals surface area contributed by atoms with E-state index in [1.165, 1.54) is 30.2 Å². The molecule has 6 nitrogen and oxygen atoms in total. The van der Waals surface area contributed by atoms with E-state index >= 15 is 0 Å². The second-order valence-corrected chi connectivity index (χ2v) is 7.70. The van der Waals surface area contributed by atoms with Crippen LogP contribution in [-0.2, 0) is 4.79 Å². The lowest BCUT2D eigenvalue weighted by atomic mass is 10.0. The second-order valence-electron chi connectivity index (χ2n) is 6.84. The molecule has 0 aliphatic heterocycles. The summed E-state index contributed by atoms with van der Waals surface area (Å²) in [5.74, 6) is 0.0347. The van der Waals surface area contributed by atoms with Crippen LogP contribution in [0.25, 0.3) is 21.3 Å². The Balaban J connectivity index is 1.51. The van der Waals surface area contributed by atoms with Crippen LogP contribution < -0.4 is 10.1 Å². The molecule has 30 heavy (non-hydrogen) atoms. The topological polar surface area (TPSA) is 81.2 Å². The normalized spacial score (nSPS) is 10.7. The predicted molar refractivity (Wildman–Crippen MR) is 118 cm³/mol. The zero-order chi connectivity index (χ0) is 21.1. The fourth-order valence-corrected chi connectivity index (χ4v) is 3.93. The number of aromatic nitrogens is 2. The van der Waals surface area contributed by atoms with Gasteiger partial charge in [0.05, 0.1) is 5.39 Å². The average Bonchev–Trinajstić information content (AvgIpc) is 3.18. The largest absolute Gasteiger partial charge is 0.467 e. The number of ether oxygens (including phenoxy) is 1. The first-order chi connectivity index (χ1) is 14.5. The summed E-state index contributed by atoms with van der Waals surface area (Å²) >= 11 is 1.51. The van der Waals surface area contributed by atoms with Crippen LogP contribution in [0.15, 0.2) is 60.2 Å². The molecule has 4 aromatic rings. The molecule has 0 aliphatic carbocycles. The number of hydrogen-bond acceptors (Lipinski definition) is 6. The molecule has 1 amide bonds. The molecule has 0 radical (unpaired) electrons. The molecular weight excluding hydrogens is 398 g/mol. The number of aryl methyl sites for hydroxylation is 1. The lowest BCUT2D eigenvalue weighted by Crippen LogP contribution is -2.20. The summed E-state index contributed by atoms with van der Waals surface area (Å²) in [6, 6.07) is 14.9. The third kappa shape index (κ3) is 4.21. The van der Waals surface area contributed by atoms with E-state index in [0.29, 0.717) is 17.1 Å². The molecule has 0 fully saturated rings. The lowest BCUT2D eigenvalue weighted by molar-refractivity contribution is -0.118. The Kier molecular flexibility index (Phi) is 5.54. The molecule has 7 heteroatoms. The van der Waals surface area contributed by atoms with Crippen molar-refractivity contribution < 1.29 is 14.3 Å². The van der Waals surface area contributed by atoms with E-state index in [9.17, 15) is 9.59 Å². The average molecular weight is 417 g/mol. The van der Waals surface area contributed by atoms with Crippen molar-refractivity contribution in [2.24, 2.45) is 0 Å². The van der Waals surface area contributed by atoms with Gasteiger partial charge in [0.25, 0.3) is 5.91 Å². The van der Waals surface area contributed by atoms with Gasteiger partial charge in [0.15, 0.2) is 12.4 Å². The lowest BCUT2D eigenvalue weighted by Gasteiger charge is -2.09. The summed E-state index contributed by atoms with van der Waals surface area (Å²) in [5.41, 5.74) is 4.39. The van der Waals surface area contributed by atoms with E-state index in [1.54, 1.807) is 24.3 Å². The maximum Gasteiger partial charge on any atom is 0.262 e. The summed E-state index contributed by atoms with van der Waals surface area (Å²) in [7, 11) is 0. The van der Waals surface area contributed by atoms with Crippen molar-refractivity contribution in [2.75, 3.05) is 11.9 Å². The highest BCUT2D eigenvalue weighted by Crippen LogP contribution is 2.37. The fraction of sp³-hybridized carbons (Fsp3) is 0.130. The van der Waals surface area contributed by atoms with Crippen molar-refractivity contribution in [1.82, 2.24) is 9.97 Å². The minimum absolute atomic E-state index is 0.0240. The van der Waals surface area contributed by atoms with Crippen molar-refractivity contribution in [3.8, 4) is 17.0 Å². The molecule has 2 aromatic carbocycles. The minimum atomic E-state index is -0.315. The van der Waals surface area contributed by atoms with E-state index in [0.717, 1.165) is 21.3 Å². The van der Waals surface area contributed by atoms with Crippen molar-refractivity contribution in [3.05, 3.63) is 71.4 Å². The number of rotatable bonds is 6. The van der Waals surface area contributed by atoms with Crippen molar-refractivity contribution in [3.63, 3.8) is 0 Å². The third-order valence-corrected chi connectivity index (χ3v) is 5.50. The number of ketones is 1. The molecule has 0 saturated carbocycles. The van der Waals surface area contributed by atoms with Crippen LogP contribution in [0.5, 0.6) is 5.88 Å². The zero-order valence-electron chi connectivity index (χ0n) is 16.5. The van der Waals surface area contributed by atoms with Gasteiger partial charge in [-0.1, -0.05) is 29.8 Å². The maximum atomic E-state index is 12.3. The summed E-state index contributed by atoms with van der Waals surface area (Å²) < 4.78 is 5.75. The number of fused-ring (bicyclic) bond motifs is 1. The van der Waals surface area contributed by atoms with Gasteiger partial charge in [-0.05, 0) is 43.7 Å². The molecule has 0 atom stereocenters. The van der Waals surface area contributed by atoms with Gasteiger partial charge < -0.3 is 10.1 Å². The van der Waals surface area contributed by atoms with Crippen LogP contribution >= 0.6 is 11.3 Å². The van der Waals surface area contributed by atoms with Crippen LogP contribution in [0, 0.1) is 6.92 Å². The van der Waals surface area contributed by atoms with Crippen LogP contribution in [-0.4, -0.2) is 28.3 Å². The third-order valence-electron chi connectivity index (χ3n) is 4.61. The summed E-state index contributed by atoms with van der Waals surface area (Å²) in [4.78, 5) is 33.1. The summed E-state index contributed by atoms with van der Waals surface area (Å²) in [6.07, 6.45) is 1.44. The number of carbonyl (C=O) groups excluding carboxylic acids is 2. The molecule has 0 aliphatic rings. The number of nitrogens with zero attached hydrogens (tertiary/aromatic N) is 2. The minimum Gasteiger partial charge on any atom is -0.467 e. The van der Waals surface area contributed by atoms with Gasteiger partial charge in [0.2, 0.25) is 5.88 Å². The molecule has 4 rings (SSSR count). The first kappa shape index (κ1) is 19.7. The van der Waals surface area contributed by atoms with Crippen LogP contribution in [0.1, 0.15) is 22.8 Å². The van der Waals surface area contributed by atoms with Gasteiger partial charge in [-0.2, -0.15) is 0 Å². The van der Waals surface area contributed by atoms with Gasteiger partial charge in [-0.3, -0.25) is 9.59 Å². The monoisotopic (exact) mass is 417 g/mol. The molecule has 2 aromatic heterocycles. The van der Waals surface area contributed by atoms with Crippen molar-refractivity contribution >= 4 is 38.9 Å². The van der Waals surface area contributed by atoms with Crippen LogP contribution in [0.3, 0.4) is 0 Å². The van der Waals surface area contributed by atoms with Crippen LogP contribution in [0.4, 0.5) is 5.69 Å². The highest BCUT2D eigenvalue weighted by atomic mass is 32.1. The summed E-state index contributed by atoms with van der Waals surface area (Å²) in [5, 5.41) is 5.57. The van der Waals surface area contributed by atoms with Crippen molar-refractivity contribution in [1.29, 1.82) is 0 Å². The highest BCUT2D eigenvalue weighted by molar-refractivity contribution is 7.17. The SMILES string of the molecule is CC(=O)c1ccc(NC(=O)COc2ncnc3scc(-c4ccc(C)cc4)c23)cc1. The summed E-state index contributed by atoms with van der Waals surface area (Å²) in [6.45, 7) is 3.35. The Morgan fingerprint density at radius 2 is 1.77 bits per heavy atom. The number of Topliss-reactive ketones (excluding diaryl/α,β-unsaturated/α-hetero) is 1. The van der Waals surface area contributed by atoms with E-state index in [2.05, 4.69) is 15.3 Å². The van der Waals surface area contributed by atoms with Gasteiger partial charge in [0.1, 0.15) is 11.2 Å². The van der Waals surface area contributed by atoms with E-state index in [-0.39, 0.29) is 18.3 Å². The molecule has 150 valence electrons. The Bertz CT molecular complexity index is 1210. The Morgan fingerprint density at radius 3 is 2.47 bits per heavy atom. The standard InChI is InChI=1S/C23H19N3O3S/c1-14-3-5-17(6-4-14)19-12-30-23-21(19)22(24-13-25-23)29-11-20(28)26-18-9-7-16(8-10-18)15(2)27/h3-10,12-13H,11H2,1-2H3,(H,26,28). The number of thiophene rings is 1. The molecule has 0 bridgehead atoms. The number of anilines is 1. The fourth-order valence-electron chi connectivity index (χ4n) is 3.02. The Hall–Kier alpha value is -3.58. The molecular formula is C23H19N3O3S. The number of benzene rings is 2. The van der Waals surface area contributed by atoms with Gasteiger partial charge >= 0.3 is 0 Å². The molecule has 0 saturated heterocycles.